The van der Waals surface area contributed by atoms with Crippen molar-refractivity contribution in [1.29, 1.82) is 0 Å². The summed E-state index contributed by atoms with van der Waals surface area (Å²) in [5.41, 5.74) is 1.85. The van der Waals surface area contributed by atoms with Crippen molar-refractivity contribution in [1.82, 2.24) is 4.98 Å². The van der Waals surface area contributed by atoms with Crippen LogP contribution >= 0.6 is 22.7 Å². The Morgan fingerprint density at radius 2 is 1.89 bits per heavy atom. The van der Waals surface area contributed by atoms with E-state index in [2.05, 4.69) is 18.8 Å². The summed E-state index contributed by atoms with van der Waals surface area (Å²) in [5.74, 6) is -1.68. The highest BCUT2D eigenvalue weighted by atomic mass is 32.1. The van der Waals surface area contributed by atoms with Gasteiger partial charge < -0.3 is 5.11 Å². The van der Waals surface area contributed by atoms with Crippen molar-refractivity contribution in [3.63, 3.8) is 0 Å². The molecule has 1 aliphatic heterocycles. The van der Waals surface area contributed by atoms with Crippen LogP contribution in [-0.4, -0.2) is 26.7 Å². The van der Waals surface area contributed by atoms with E-state index in [4.69, 9.17) is 0 Å². The minimum Gasteiger partial charge on any atom is -0.507 e. The number of aromatic nitrogens is 1. The van der Waals surface area contributed by atoms with E-state index in [1.165, 1.54) is 51.8 Å². The summed E-state index contributed by atoms with van der Waals surface area (Å²) >= 11 is 2.67. The Labute approximate surface area is 207 Å². The van der Waals surface area contributed by atoms with Crippen LogP contribution < -0.4 is 4.90 Å². The Kier molecular flexibility index (Phi) is 5.70. The van der Waals surface area contributed by atoms with Crippen LogP contribution in [0.2, 0.25) is 0 Å². The zero-order chi connectivity index (χ0) is 24.9. The number of Topliss-reactive ketones (excluding diaryl/α,β-unsaturated/α-hetero) is 1. The molecule has 1 unspecified atom stereocenters. The van der Waals surface area contributed by atoms with Gasteiger partial charge in [0.15, 0.2) is 5.13 Å². The van der Waals surface area contributed by atoms with E-state index in [1.54, 1.807) is 12.1 Å². The predicted octanol–water partition coefficient (Wildman–Crippen LogP) is 6.02. The second kappa shape index (κ2) is 8.71. The van der Waals surface area contributed by atoms with E-state index in [0.29, 0.717) is 15.9 Å². The van der Waals surface area contributed by atoms with Crippen LogP contribution in [0.4, 0.5) is 10.8 Å². The maximum atomic E-state index is 13.3. The van der Waals surface area contributed by atoms with Gasteiger partial charge in [-0.3, -0.25) is 24.6 Å². The van der Waals surface area contributed by atoms with Crippen molar-refractivity contribution >= 4 is 61.2 Å². The lowest BCUT2D eigenvalue weighted by Gasteiger charge is -2.21. The number of ketones is 1. The van der Waals surface area contributed by atoms with Crippen LogP contribution in [0.5, 0.6) is 0 Å². The first kappa shape index (κ1) is 22.9. The molecule has 1 amide bonds. The Morgan fingerprint density at radius 3 is 2.51 bits per heavy atom. The largest absolute Gasteiger partial charge is 0.507 e. The van der Waals surface area contributed by atoms with Crippen LogP contribution in [0.25, 0.3) is 16.0 Å². The molecule has 1 aliphatic rings. The molecular weight excluding hydrogens is 486 g/mol. The van der Waals surface area contributed by atoms with Gasteiger partial charge in [-0.25, -0.2) is 4.98 Å². The predicted molar refractivity (Wildman–Crippen MR) is 136 cm³/mol. The molecule has 35 heavy (non-hydrogen) atoms. The number of thiazole rings is 1. The van der Waals surface area contributed by atoms with Gasteiger partial charge in [-0.05, 0) is 47.2 Å². The van der Waals surface area contributed by atoms with Crippen LogP contribution in [0.1, 0.15) is 41.8 Å². The number of nitro groups is 1. The van der Waals surface area contributed by atoms with Gasteiger partial charge in [-0.2, -0.15) is 0 Å². The molecule has 1 atom stereocenters. The van der Waals surface area contributed by atoms with Crippen molar-refractivity contribution in [2.75, 3.05) is 4.90 Å². The smallest absolute Gasteiger partial charge is 0.301 e. The maximum Gasteiger partial charge on any atom is 0.301 e. The molecule has 8 nitrogen and oxygen atoms in total. The monoisotopic (exact) mass is 505 g/mol. The Morgan fingerprint density at radius 1 is 1.14 bits per heavy atom. The fourth-order valence-corrected chi connectivity index (χ4v) is 5.90. The number of carbonyl (C=O) groups excluding carboxylic acids is 2. The summed E-state index contributed by atoms with van der Waals surface area (Å²) in [6.45, 7) is 4.19. The van der Waals surface area contributed by atoms with Crippen molar-refractivity contribution in [2.24, 2.45) is 0 Å². The first-order valence-corrected chi connectivity index (χ1v) is 12.5. The van der Waals surface area contributed by atoms with Gasteiger partial charge in [-0.15, -0.1) is 11.3 Å². The molecule has 1 N–H and O–H groups in total. The second-order valence-electron chi connectivity index (χ2n) is 8.37. The van der Waals surface area contributed by atoms with Crippen LogP contribution in [0.3, 0.4) is 0 Å². The topological polar surface area (TPSA) is 114 Å². The van der Waals surface area contributed by atoms with Crippen LogP contribution in [-0.2, 0) is 9.59 Å². The Balaban J connectivity index is 1.66. The Bertz CT molecular complexity index is 1500. The fourth-order valence-electron chi connectivity index (χ4n) is 4.03. The molecule has 0 saturated carbocycles. The number of amides is 1. The normalized spacial score (nSPS) is 17.6. The van der Waals surface area contributed by atoms with Crippen molar-refractivity contribution < 1.29 is 19.6 Å². The number of anilines is 1. The van der Waals surface area contributed by atoms with E-state index in [0.717, 1.165) is 15.8 Å². The summed E-state index contributed by atoms with van der Waals surface area (Å²) in [6, 6.07) is 13.9. The lowest BCUT2D eigenvalue weighted by Crippen LogP contribution is -2.28. The number of hydrogen-bond acceptors (Lipinski definition) is 8. The maximum absolute atomic E-state index is 13.3. The number of thiophene rings is 1. The highest BCUT2D eigenvalue weighted by Crippen LogP contribution is 2.45. The number of nitrogens with zero attached hydrogens (tertiary/aromatic N) is 3. The third kappa shape index (κ3) is 3.90. The lowest BCUT2D eigenvalue weighted by atomic mass is 10.00. The van der Waals surface area contributed by atoms with Gasteiger partial charge in [0.05, 0.1) is 20.7 Å². The quantitative estimate of drug-likeness (QED) is 0.117. The molecule has 10 heteroatoms. The molecular formula is C25H19N3O5S2. The van der Waals surface area contributed by atoms with Crippen molar-refractivity contribution in [3.8, 4) is 0 Å². The standard InChI is InChI=1S/C25H19N3O5S2/c1-13(2)15-7-10-17-19(12-15)35-25(26-17)27-21(18-4-3-11-34-18)20(23(30)24(27)31)22(29)14-5-8-16(9-6-14)28(32)33/h3-13,21,29H,1-2H3/b22-20+. The molecule has 0 radical (unpaired) electrons. The van der Waals surface area contributed by atoms with E-state index in [9.17, 15) is 24.8 Å². The average Bonchev–Trinajstić information content (AvgIpc) is 3.57. The molecule has 5 rings (SSSR count). The minimum absolute atomic E-state index is 0.0755. The third-order valence-corrected chi connectivity index (χ3v) is 7.82. The minimum atomic E-state index is -0.865. The molecule has 0 spiro atoms. The van der Waals surface area contributed by atoms with E-state index in [1.807, 2.05) is 23.6 Å². The zero-order valence-corrected chi connectivity index (χ0v) is 20.3. The molecule has 3 heterocycles. The summed E-state index contributed by atoms with van der Waals surface area (Å²) < 4.78 is 0.897. The van der Waals surface area contributed by atoms with E-state index in [-0.39, 0.29) is 22.6 Å². The van der Waals surface area contributed by atoms with E-state index >= 15 is 0 Å². The number of aliphatic hydroxyl groups is 1. The highest BCUT2D eigenvalue weighted by Gasteiger charge is 2.48. The number of hydrogen-bond donors (Lipinski definition) is 1. The van der Waals surface area contributed by atoms with Crippen molar-refractivity contribution in [3.05, 3.63) is 91.7 Å². The zero-order valence-electron chi connectivity index (χ0n) is 18.7. The first-order valence-electron chi connectivity index (χ1n) is 10.8. The molecule has 0 aliphatic carbocycles. The summed E-state index contributed by atoms with van der Waals surface area (Å²) in [5, 5.41) is 24.3. The molecule has 1 fully saturated rings. The number of nitro benzene ring substituents is 1. The highest BCUT2D eigenvalue weighted by molar-refractivity contribution is 7.22. The molecule has 0 bridgehead atoms. The van der Waals surface area contributed by atoms with Gasteiger partial charge in [0.1, 0.15) is 11.8 Å². The van der Waals surface area contributed by atoms with E-state index < -0.39 is 22.7 Å². The van der Waals surface area contributed by atoms with Crippen LogP contribution in [0.15, 0.2) is 65.6 Å². The third-order valence-electron chi connectivity index (χ3n) is 5.88. The van der Waals surface area contributed by atoms with Gasteiger partial charge in [0.2, 0.25) is 0 Å². The summed E-state index contributed by atoms with van der Waals surface area (Å²) in [7, 11) is 0. The lowest BCUT2D eigenvalue weighted by molar-refractivity contribution is -0.384. The van der Waals surface area contributed by atoms with Gasteiger partial charge in [0, 0.05) is 22.6 Å². The summed E-state index contributed by atoms with van der Waals surface area (Å²) in [4.78, 5) is 43.6. The van der Waals surface area contributed by atoms with Gasteiger partial charge >= 0.3 is 5.91 Å². The number of benzene rings is 2. The average molecular weight is 506 g/mol. The number of non-ortho nitro benzene ring substituents is 1. The number of fused-ring (bicyclic) bond motifs is 1. The first-order chi connectivity index (χ1) is 16.8. The number of carbonyl (C=O) groups is 2. The van der Waals surface area contributed by atoms with Gasteiger partial charge in [0.25, 0.3) is 11.5 Å². The molecule has 2 aromatic heterocycles. The molecule has 176 valence electrons. The fraction of sp³-hybridized carbons (Fsp3) is 0.160. The summed E-state index contributed by atoms with van der Waals surface area (Å²) in [6.07, 6.45) is 0. The van der Waals surface area contributed by atoms with Crippen LogP contribution in [0, 0.1) is 10.1 Å². The Hall–Kier alpha value is -3.89. The molecule has 1 saturated heterocycles. The second-order valence-corrected chi connectivity index (χ2v) is 10.4. The van der Waals surface area contributed by atoms with Crippen molar-refractivity contribution in [2.45, 2.75) is 25.8 Å². The molecule has 2 aromatic carbocycles. The van der Waals surface area contributed by atoms with Gasteiger partial charge in [-0.1, -0.05) is 37.3 Å². The number of aliphatic hydroxyl groups excluding tert-OH is 1. The molecule has 4 aromatic rings. The SMILES string of the molecule is CC(C)c1ccc2nc(N3C(=O)C(=O)/C(=C(/O)c4ccc([N+](=O)[O-])cc4)C3c3cccs3)sc2c1. The number of rotatable bonds is 5.